The number of nitrogens with zero attached hydrogens (tertiary/aromatic N) is 4. The molecule has 10 nitrogen and oxygen atoms in total. The van der Waals surface area contributed by atoms with E-state index in [2.05, 4.69) is 20.5 Å². The fourth-order valence-electron chi connectivity index (χ4n) is 3.12. The summed E-state index contributed by atoms with van der Waals surface area (Å²) in [5, 5.41) is 22.1. The van der Waals surface area contributed by atoms with Crippen LogP contribution >= 0.6 is 46.2 Å². The topological polar surface area (TPSA) is 151 Å². The third kappa shape index (κ3) is 4.79. The summed E-state index contributed by atoms with van der Waals surface area (Å²) in [5.74, 6) is -0.876. The van der Waals surface area contributed by atoms with Crippen LogP contribution in [0.4, 0.5) is 5.13 Å². The van der Waals surface area contributed by atoms with E-state index in [9.17, 15) is 19.5 Å². The summed E-state index contributed by atoms with van der Waals surface area (Å²) in [5.41, 5.74) is 6.64. The van der Waals surface area contributed by atoms with Crippen LogP contribution in [0.3, 0.4) is 0 Å². The fourth-order valence-corrected chi connectivity index (χ4v) is 7.04. The molecule has 156 valence electrons. The number of nitrogen functional groups attached to an aromatic ring is 1. The number of aliphatic carboxylic acids is 1. The number of nitrogens with one attached hydrogen (secondary N) is 1. The van der Waals surface area contributed by atoms with Crippen molar-refractivity contribution in [3.63, 3.8) is 0 Å². The van der Waals surface area contributed by atoms with Gasteiger partial charge < -0.3 is 21.1 Å². The number of thioether (sulfide) groups is 2. The van der Waals surface area contributed by atoms with Gasteiger partial charge in [-0.3, -0.25) is 14.4 Å². The summed E-state index contributed by atoms with van der Waals surface area (Å²) < 4.78 is 0.695. The molecule has 2 aliphatic heterocycles. The number of fused-ring (bicyclic) bond motifs is 1. The number of hydrogen-bond donors (Lipinski definition) is 3. The van der Waals surface area contributed by atoms with Crippen LogP contribution in [0.15, 0.2) is 15.2 Å². The van der Waals surface area contributed by atoms with Gasteiger partial charge in [0.15, 0.2) is 9.47 Å². The Morgan fingerprint density at radius 1 is 1.43 bits per heavy atom. The van der Waals surface area contributed by atoms with E-state index >= 15 is 0 Å². The Morgan fingerprint density at radius 2 is 2.23 bits per heavy atom. The summed E-state index contributed by atoms with van der Waals surface area (Å²) in [7, 11) is 0. The van der Waals surface area contributed by atoms with Crippen molar-refractivity contribution in [1.29, 1.82) is 0 Å². The second-order valence-electron chi connectivity index (χ2n) is 6.65. The van der Waals surface area contributed by atoms with Gasteiger partial charge in [-0.05, 0) is 0 Å². The first kappa shape index (κ1) is 23.8. The summed E-state index contributed by atoms with van der Waals surface area (Å²) in [6, 6.07) is -0.647. The molecule has 0 bridgehead atoms. The molecule has 2 fully saturated rings. The summed E-state index contributed by atoms with van der Waals surface area (Å²) in [4.78, 5) is 42.4. The van der Waals surface area contributed by atoms with Crippen LogP contribution in [-0.4, -0.2) is 102 Å². The molecule has 2 saturated heterocycles. The summed E-state index contributed by atoms with van der Waals surface area (Å²) in [6.07, 6.45) is 0.0480. The van der Waals surface area contributed by atoms with Crippen molar-refractivity contribution in [1.82, 2.24) is 25.4 Å². The second-order valence-corrected chi connectivity index (χ2v) is 10.7. The predicted molar refractivity (Wildman–Crippen MR) is 118 cm³/mol. The average Bonchev–Trinajstić information content (AvgIpc) is 3.35. The molecule has 2 unspecified atom stereocenters. The molecule has 0 radical (unpaired) electrons. The van der Waals surface area contributed by atoms with Gasteiger partial charge in [0.05, 0.1) is 12.1 Å². The van der Waals surface area contributed by atoms with Crippen molar-refractivity contribution in [2.75, 3.05) is 23.8 Å². The van der Waals surface area contributed by atoms with Gasteiger partial charge in [0.25, 0.3) is 0 Å². The van der Waals surface area contributed by atoms with Gasteiger partial charge in [-0.15, -0.1) is 33.3 Å². The summed E-state index contributed by atoms with van der Waals surface area (Å²) in [6.45, 7) is 0.111. The molecule has 2 aliphatic rings. The van der Waals surface area contributed by atoms with Gasteiger partial charge in [0.1, 0.15) is 22.3 Å². The zero-order valence-corrected chi connectivity index (χ0v) is 18.1. The first-order valence-electron chi connectivity index (χ1n) is 8.42. The van der Waals surface area contributed by atoms with Crippen LogP contribution in [-0.2, 0) is 20.8 Å². The number of β-lactam (4-membered cyclic amide) rings is 1. The predicted octanol–water partition coefficient (Wildman–Crippen LogP) is -0.266. The monoisotopic (exact) mass is 496 g/mol. The molecule has 0 spiro atoms. The molecule has 0 aliphatic carbocycles. The number of carbonyl (C=O) groups is 3. The molecule has 2 aromatic rings. The van der Waals surface area contributed by atoms with Crippen molar-refractivity contribution >= 4 is 98.7 Å². The minimum absolute atomic E-state index is 0. The van der Waals surface area contributed by atoms with Gasteiger partial charge in [0.2, 0.25) is 11.8 Å². The number of amides is 2. The summed E-state index contributed by atoms with van der Waals surface area (Å²) >= 11 is 5.31. The Kier molecular flexibility index (Phi) is 7.69. The zero-order valence-electron chi connectivity index (χ0n) is 14.8. The molecule has 2 aromatic heterocycles. The molecule has 15 heteroatoms. The average molecular weight is 497 g/mol. The SMILES string of the molecule is Nc1nc(CC(=O)NC2C(=O)N3CC(CSc4nncs4)(C(=O)O)CS[C@H]23)cs1.[NaH]. The van der Waals surface area contributed by atoms with Crippen molar-refractivity contribution in [2.45, 2.75) is 22.2 Å². The molecule has 2 amide bonds. The van der Waals surface area contributed by atoms with E-state index in [-0.39, 0.29) is 59.7 Å². The van der Waals surface area contributed by atoms with E-state index in [1.165, 1.54) is 51.1 Å². The molecule has 0 aromatic carbocycles. The van der Waals surface area contributed by atoms with Crippen LogP contribution in [0.5, 0.6) is 0 Å². The van der Waals surface area contributed by atoms with Crippen molar-refractivity contribution in [3.05, 3.63) is 16.6 Å². The first-order valence-corrected chi connectivity index (χ1v) is 12.2. The normalized spacial score (nSPS) is 25.1. The number of aromatic nitrogens is 3. The van der Waals surface area contributed by atoms with Gasteiger partial charge in [0, 0.05) is 23.4 Å². The van der Waals surface area contributed by atoms with E-state index in [0.717, 1.165) is 0 Å². The van der Waals surface area contributed by atoms with Crippen LogP contribution in [0, 0.1) is 5.41 Å². The van der Waals surface area contributed by atoms with Crippen LogP contribution < -0.4 is 11.1 Å². The number of hydrogen-bond acceptors (Lipinski definition) is 11. The third-order valence-corrected chi connectivity index (χ3v) is 9.10. The van der Waals surface area contributed by atoms with Gasteiger partial charge in [-0.25, -0.2) is 4.98 Å². The molecule has 3 atom stereocenters. The number of carboxylic acid groups (broad SMARTS) is 1. The van der Waals surface area contributed by atoms with E-state index in [1.54, 1.807) is 10.9 Å². The minimum atomic E-state index is -1.07. The standard InChI is InChI=1S/C15H16N6O4S4.Na.H/c16-13-18-7(2-26-13)1-8(22)19-9-10(23)21-3-15(12(24)25,4-27-11(9)21)5-28-14-20-17-6-29-14;;/h2,6,9,11H,1,3-5H2,(H2,16,18)(H,19,22)(H,24,25);;/t9?,11-,15?;;/m1../s1. The fraction of sp³-hybridized carbons (Fsp3) is 0.467. The van der Waals surface area contributed by atoms with Gasteiger partial charge in [-0.2, -0.15) is 0 Å². The van der Waals surface area contributed by atoms with E-state index in [0.29, 0.717) is 26.7 Å². The van der Waals surface area contributed by atoms with E-state index in [4.69, 9.17) is 5.73 Å². The van der Waals surface area contributed by atoms with Crippen molar-refractivity contribution < 1.29 is 19.5 Å². The number of anilines is 1. The Labute approximate surface area is 210 Å². The molecule has 30 heavy (non-hydrogen) atoms. The Morgan fingerprint density at radius 3 is 2.87 bits per heavy atom. The van der Waals surface area contributed by atoms with Crippen LogP contribution in [0.1, 0.15) is 5.69 Å². The number of thiazole rings is 1. The quantitative estimate of drug-likeness (QED) is 0.265. The first-order chi connectivity index (χ1) is 13.9. The van der Waals surface area contributed by atoms with Crippen LogP contribution in [0.25, 0.3) is 0 Å². The van der Waals surface area contributed by atoms with Crippen molar-refractivity contribution in [2.24, 2.45) is 5.41 Å². The molecular formula is C15H17N6NaO4S4. The van der Waals surface area contributed by atoms with Gasteiger partial charge in [-0.1, -0.05) is 23.1 Å². The molecular weight excluding hydrogens is 479 g/mol. The Bertz CT molecular complexity index is 943. The maximum atomic E-state index is 12.6. The van der Waals surface area contributed by atoms with E-state index in [1.807, 2.05) is 0 Å². The number of carbonyl (C=O) groups excluding carboxylic acids is 2. The van der Waals surface area contributed by atoms with Crippen LogP contribution in [0.2, 0.25) is 0 Å². The second kappa shape index (κ2) is 9.71. The molecule has 0 saturated carbocycles. The van der Waals surface area contributed by atoms with E-state index < -0.39 is 17.4 Å². The third-order valence-electron chi connectivity index (χ3n) is 4.64. The molecule has 4 heterocycles. The van der Waals surface area contributed by atoms with Crippen molar-refractivity contribution in [3.8, 4) is 0 Å². The number of nitrogens with two attached hydrogens (primary N) is 1. The maximum absolute atomic E-state index is 12.6. The molecule has 4 rings (SSSR count). The van der Waals surface area contributed by atoms with Gasteiger partial charge >= 0.3 is 35.5 Å². The Hall–Kier alpha value is -0.900. The number of carboxylic acids is 1. The number of rotatable bonds is 7. The molecule has 4 N–H and O–H groups in total. The zero-order chi connectivity index (χ0) is 20.6. The Balaban J connectivity index is 0.00000256.